The summed E-state index contributed by atoms with van der Waals surface area (Å²) in [6.45, 7) is 9.40. The largest absolute Gasteiger partial charge is 0.302 e. The minimum Gasteiger partial charge on any atom is -0.302 e. The average molecular weight is 364 g/mol. The minimum absolute atomic E-state index is 0.117. The Morgan fingerprint density at radius 1 is 1.00 bits per heavy atom. The molecular formula is C19H20N6S. The van der Waals surface area contributed by atoms with E-state index in [0.29, 0.717) is 10.7 Å². The Bertz CT molecular complexity index is 930. The van der Waals surface area contributed by atoms with Crippen molar-refractivity contribution in [3.8, 4) is 17.5 Å². The van der Waals surface area contributed by atoms with Crippen molar-refractivity contribution in [3.63, 3.8) is 0 Å². The Hall–Kier alpha value is -2.72. The van der Waals surface area contributed by atoms with Crippen LogP contribution in [-0.4, -0.2) is 25.0 Å². The van der Waals surface area contributed by atoms with Gasteiger partial charge in [0.05, 0.1) is 0 Å². The summed E-state index contributed by atoms with van der Waals surface area (Å²) in [4.78, 5) is 0. The Kier molecular flexibility index (Phi) is 5.05. The standard InChI is InChI=1S/C19H20N6S/c1-5-25-17(13-6-8-14(9-7-13)19(2,3)4)23-24-18(25)26-16-11-10-15(12-20)21-22-16/h6-11H,5H2,1-4H3. The van der Waals surface area contributed by atoms with Gasteiger partial charge in [0.25, 0.3) is 0 Å². The second-order valence-corrected chi connectivity index (χ2v) is 7.84. The predicted molar refractivity (Wildman–Crippen MR) is 101 cm³/mol. The minimum atomic E-state index is 0.117. The lowest BCUT2D eigenvalue weighted by Gasteiger charge is -2.19. The molecule has 26 heavy (non-hydrogen) atoms. The molecule has 7 heteroatoms. The molecule has 2 heterocycles. The van der Waals surface area contributed by atoms with Crippen molar-refractivity contribution in [1.29, 1.82) is 5.26 Å². The lowest BCUT2D eigenvalue weighted by atomic mass is 9.87. The summed E-state index contributed by atoms with van der Waals surface area (Å²) in [7, 11) is 0. The van der Waals surface area contributed by atoms with E-state index in [4.69, 9.17) is 5.26 Å². The van der Waals surface area contributed by atoms with Gasteiger partial charge < -0.3 is 4.57 Å². The van der Waals surface area contributed by atoms with E-state index < -0.39 is 0 Å². The Balaban J connectivity index is 1.89. The highest BCUT2D eigenvalue weighted by atomic mass is 32.2. The molecule has 0 aliphatic heterocycles. The van der Waals surface area contributed by atoms with Crippen LogP contribution in [-0.2, 0) is 12.0 Å². The Morgan fingerprint density at radius 2 is 1.73 bits per heavy atom. The topological polar surface area (TPSA) is 80.3 Å². The van der Waals surface area contributed by atoms with Crippen LogP contribution in [0.5, 0.6) is 0 Å². The molecule has 6 nitrogen and oxygen atoms in total. The van der Waals surface area contributed by atoms with Crippen molar-refractivity contribution in [1.82, 2.24) is 25.0 Å². The van der Waals surface area contributed by atoms with Gasteiger partial charge in [-0.3, -0.25) is 0 Å². The number of aromatic nitrogens is 5. The highest BCUT2D eigenvalue weighted by Crippen LogP contribution is 2.29. The van der Waals surface area contributed by atoms with Crippen LogP contribution in [0.1, 0.15) is 39.0 Å². The highest BCUT2D eigenvalue weighted by Gasteiger charge is 2.17. The molecule has 3 aromatic rings. The number of benzene rings is 1. The maximum atomic E-state index is 8.81. The average Bonchev–Trinajstić information content (AvgIpc) is 3.04. The summed E-state index contributed by atoms with van der Waals surface area (Å²) in [6, 6.07) is 13.8. The zero-order valence-electron chi connectivity index (χ0n) is 15.3. The smallest absolute Gasteiger partial charge is 0.197 e. The van der Waals surface area contributed by atoms with Crippen LogP contribution < -0.4 is 0 Å². The van der Waals surface area contributed by atoms with E-state index in [1.807, 2.05) is 6.07 Å². The molecule has 0 spiro atoms. The maximum Gasteiger partial charge on any atom is 0.197 e. The lowest BCUT2D eigenvalue weighted by molar-refractivity contribution is 0.590. The van der Waals surface area contributed by atoms with E-state index in [0.717, 1.165) is 23.1 Å². The van der Waals surface area contributed by atoms with Crippen LogP contribution >= 0.6 is 11.8 Å². The van der Waals surface area contributed by atoms with Crippen LogP contribution in [0.25, 0.3) is 11.4 Å². The maximum absolute atomic E-state index is 8.81. The van der Waals surface area contributed by atoms with Crippen molar-refractivity contribution < 1.29 is 0 Å². The predicted octanol–water partition coefficient (Wildman–Crippen LogP) is 4.08. The normalized spacial score (nSPS) is 11.3. The molecule has 0 N–H and O–H groups in total. The van der Waals surface area contributed by atoms with Crippen LogP contribution in [0.4, 0.5) is 0 Å². The van der Waals surface area contributed by atoms with Crippen molar-refractivity contribution in [2.45, 2.75) is 49.8 Å². The molecule has 3 rings (SSSR count). The second-order valence-electron chi connectivity index (χ2n) is 6.85. The number of hydrogen-bond acceptors (Lipinski definition) is 6. The van der Waals surface area contributed by atoms with Crippen molar-refractivity contribution in [3.05, 3.63) is 47.7 Å². The summed E-state index contributed by atoms with van der Waals surface area (Å²) >= 11 is 1.39. The second kappa shape index (κ2) is 7.26. The Labute approximate surface area is 157 Å². The fourth-order valence-corrected chi connectivity index (χ4v) is 3.32. The third-order valence-electron chi connectivity index (χ3n) is 3.99. The molecule has 0 atom stereocenters. The molecule has 0 unspecified atom stereocenters. The van der Waals surface area contributed by atoms with E-state index in [9.17, 15) is 0 Å². The first-order valence-electron chi connectivity index (χ1n) is 8.38. The molecule has 0 bridgehead atoms. The monoisotopic (exact) mass is 364 g/mol. The van der Waals surface area contributed by atoms with Gasteiger partial charge in [-0.05, 0) is 41.8 Å². The SMILES string of the molecule is CCn1c(Sc2ccc(C#N)nn2)nnc1-c1ccc(C(C)(C)C)cc1. The number of nitrogens with zero attached hydrogens (tertiary/aromatic N) is 6. The van der Waals surface area contributed by atoms with Gasteiger partial charge in [-0.25, -0.2) is 0 Å². The van der Waals surface area contributed by atoms with Crippen LogP contribution in [0.3, 0.4) is 0 Å². The van der Waals surface area contributed by atoms with Gasteiger partial charge in [-0.2, -0.15) is 5.26 Å². The van der Waals surface area contributed by atoms with Crippen LogP contribution in [0, 0.1) is 11.3 Å². The van der Waals surface area contributed by atoms with E-state index >= 15 is 0 Å². The molecule has 0 amide bonds. The van der Waals surface area contributed by atoms with Gasteiger partial charge >= 0.3 is 0 Å². The van der Waals surface area contributed by atoms with Gasteiger partial charge in [0, 0.05) is 12.1 Å². The summed E-state index contributed by atoms with van der Waals surface area (Å²) in [5.41, 5.74) is 2.73. The number of rotatable bonds is 4. The summed E-state index contributed by atoms with van der Waals surface area (Å²) in [5, 5.41) is 26.8. The third kappa shape index (κ3) is 3.75. The molecular weight excluding hydrogens is 344 g/mol. The van der Waals surface area contributed by atoms with Gasteiger partial charge in [0.15, 0.2) is 16.7 Å². The van der Waals surface area contributed by atoms with Crippen LogP contribution in [0.15, 0.2) is 46.6 Å². The molecule has 132 valence electrons. The van der Waals surface area contributed by atoms with Gasteiger partial charge in [0.2, 0.25) is 0 Å². The van der Waals surface area contributed by atoms with Gasteiger partial charge in [-0.1, -0.05) is 45.0 Å². The molecule has 2 aromatic heterocycles. The highest BCUT2D eigenvalue weighted by molar-refractivity contribution is 7.99. The molecule has 0 radical (unpaired) electrons. The van der Waals surface area contributed by atoms with Crippen molar-refractivity contribution in [2.24, 2.45) is 0 Å². The van der Waals surface area contributed by atoms with E-state index in [1.54, 1.807) is 12.1 Å². The van der Waals surface area contributed by atoms with Crippen molar-refractivity contribution >= 4 is 11.8 Å². The first kappa shape index (κ1) is 18.1. The molecule has 0 saturated carbocycles. The fraction of sp³-hybridized carbons (Fsp3) is 0.316. The lowest BCUT2D eigenvalue weighted by Crippen LogP contribution is -2.10. The van der Waals surface area contributed by atoms with E-state index in [2.05, 4.69) is 76.9 Å². The quantitative estimate of drug-likeness (QED) is 0.694. The molecule has 0 saturated heterocycles. The van der Waals surface area contributed by atoms with Gasteiger partial charge in [-0.15, -0.1) is 20.4 Å². The first-order valence-corrected chi connectivity index (χ1v) is 9.20. The van der Waals surface area contributed by atoms with E-state index in [1.165, 1.54) is 17.3 Å². The molecule has 0 aliphatic carbocycles. The van der Waals surface area contributed by atoms with E-state index in [-0.39, 0.29) is 5.41 Å². The summed E-state index contributed by atoms with van der Waals surface area (Å²) in [6.07, 6.45) is 0. The number of nitriles is 1. The first-order chi connectivity index (χ1) is 12.4. The number of hydrogen-bond donors (Lipinski definition) is 0. The third-order valence-corrected chi connectivity index (χ3v) is 4.90. The van der Waals surface area contributed by atoms with Crippen LogP contribution in [0.2, 0.25) is 0 Å². The zero-order chi connectivity index (χ0) is 18.7. The summed E-state index contributed by atoms with van der Waals surface area (Å²) < 4.78 is 2.05. The zero-order valence-corrected chi connectivity index (χ0v) is 16.1. The van der Waals surface area contributed by atoms with Crippen molar-refractivity contribution in [2.75, 3.05) is 0 Å². The molecule has 0 fully saturated rings. The summed E-state index contributed by atoms with van der Waals surface area (Å²) in [5.74, 6) is 0.831. The molecule has 0 aliphatic rings. The molecule has 1 aromatic carbocycles. The Morgan fingerprint density at radius 3 is 2.27 bits per heavy atom. The fourth-order valence-electron chi connectivity index (χ4n) is 2.51. The van der Waals surface area contributed by atoms with Gasteiger partial charge in [0.1, 0.15) is 11.1 Å².